The number of thioether (sulfide) groups is 1. The van der Waals surface area contributed by atoms with Crippen molar-refractivity contribution >= 4 is 29.0 Å². The van der Waals surface area contributed by atoms with E-state index in [0.717, 1.165) is 16.9 Å². The Morgan fingerprint density at radius 1 is 1.20 bits per heavy atom. The van der Waals surface area contributed by atoms with Gasteiger partial charge in [0.15, 0.2) is 0 Å². The van der Waals surface area contributed by atoms with Crippen LogP contribution in [-0.4, -0.2) is 16.1 Å². The van der Waals surface area contributed by atoms with Crippen LogP contribution < -0.4 is 16.1 Å². The first kappa shape index (κ1) is 15.7. The Morgan fingerprint density at radius 3 is 2.72 bits per heavy atom. The summed E-state index contributed by atoms with van der Waals surface area (Å²) in [6.07, 6.45) is 3.96. The molecule has 2 aromatic rings. The number of aromatic nitrogens is 1. The standard InChI is InChI=1S/C18H19N3O2S2/c19-21-16(22)9-3-1-8(2-4-9)12-13-10-5-6-11(7-10)14(13)24-17-15(12)25-18(23)20-17/h1-4,10-14H,5-7,19H2,(H,20,23)(H,21,22)/t10-,11-,12-,13-,14+/m0/s1. The fourth-order valence-electron chi connectivity index (χ4n) is 5.15. The summed E-state index contributed by atoms with van der Waals surface area (Å²) in [4.78, 5) is 28.0. The van der Waals surface area contributed by atoms with Crippen LogP contribution in [0, 0.1) is 17.8 Å². The van der Waals surface area contributed by atoms with Gasteiger partial charge in [0.25, 0.3) is 5.91 Å². The summed E-state index contributed by atoms with van der Waals surface area (Å²) in [6.45, 7) is 0. The van der Waals surface area contributed by atoms with Crippen molar-refractivity contribution in [2.75, 3.05) is 0 Å². The molecular weight excluding hydrogens is 354 g/mol. The van der Waals surface area contributed by atoms with Crippen LogP contribution in [0.4, 0.5) is 0 Å². The number of carbonyl (C=O) groups is 1. The molecular formula is C18H19N3O2S2. The highest BCUT2D eigenvalue weighted by atomic mass is 32.2. The summed E-state index contributed by atoms with van der Waals surface area (Å²) in [5.74, 6) is 7.33. The molecule has 7 heteroatoms. The van der Waals surface area contributed by atoms with Crippen LogP contribution >= 0.6 is 23.1 Å². The zero-order chi connectivity index (χ0) is 17.1. The number of nitrogens with two attached hydrogens (primary N) is 1. The molecule has 2 aliphatic carbocycles. The van der Waals surface area contributed by atoms with Crippen LogP contribution in [0.1, 0.15) is 46.0 Å². The summed E-state index contributed by atoms with van der Waals surface area (Å²) in [7, 11) is 0. The van der Waals surface area contributed by atoms with Gasteiger partial charge in [-0.3, -0.25) is 15.0 Å². The smallest absolute Gasteiger partial charge is 0.305 e. The van der Waals surface area contributed by atoms with Crippen molar-refractivity contribution < 1.29 is 4.79 Å². The maximum Gasteiger partial charge on any atom is 0.305 e. The van der Waals surface area contributed by atoms with Gasteiger partial charge in [0.05, 0.1) is 5.03 Å². The number of nitrogen functional groups attached to an aromatic ring is 1. The number of thiazole rings is 1. The SMILES string of the molecule is NNC(=O)c1ccc([C@@H]2c3sc(=O)[nH]c3S[C@@H]3[C@H]4CC[C@@H](C4)[C@@H]23)cc1. The van der Waals surface area contributed by atoms with E-state index in [9.17, 15) is 9.59 Å². The highest BCUT2D eigenvalue weighted by molar-refractivity contribution is 8.00. The molecule has 1 aliphatic heterocycles. The minimum atomic E-state index is -0.282. The van der Waals surface area contributed by atoms with Gasteiger partial charge in [-0.25, -0.2) is 5.84 Å². The molecule has 2 heterocycles. The van der Waals surface area contributed by atoms with E-state index in [-0.39, 0.29) is 16.7 Å². The Labute approximate surface area is 153 Å². The molecule has 3 aliphatic rings. The van der Waals surface area contributed by atoms with Crippen LogP contribution in [0.3, 0.4) is 0 Å². The first-order chi connectivity index (χ1) is 12.2. The van der Waals surface area contributed by atoms with E-state index < -0.39 is 0 Å². The number of fused-ring (bicyclic) bond motifs is 6. The van der Waals surface area contributed by atoms with Crippen LogP contribution in [0.5, 0.6) is 0 Å². The average molecular weight is 374 g/mol. The number of H-pyrrole nitrogens is 1. The van der Waals surface area contributed by atoms with Crippen molar-refractivity contribution in [1.82, 2.24) is 10.4 Å². The second kappa shape index (κ2) is 5.72. The van der Waals surface area contributed by atoms with Crippen LogP contribution in [0.25, 0.3) is 0 Å². The number of rotatable bonds is 2. The molecule has 0 saturated heterocycles. The van der Waals surface area contributed by atoms with Gasteiger partial charge in [0, 0.05) is 21.6 Å². The lowest BCUT2D eigenvalue weighted by Gasteiger charge is -2.40. The highest BCUT2D eigenvalue weighted by Gasteiger charge is 2.54. The highest BCUT2D eigenvalue weighted by Crippen LogP contribution is 2.63. The fraction of sp³-hybridized carbons (Fsp3) is 0.444. The van der Waals surface area contributed by atoms with Crippen LogP contribution in [-0.2, 0) is 0 Å². The molecule has 130 valence electrons. The van der Waals surface area contributed by atoms with E-state index in [1.165, 1.54) is 41.0 Å². The lowest BCUT2D eigenvalue weighted by Crippen LogP contribution is -2.33. The summed E-state index contributed by atoms with van der Waals surface area (Å²) >= 11 is 3.25. The molecule has 5 atom stereocenters. The number of hydrazine groups is 1. The van der Waals surface area contributed by atoms with Gasteiger partial charge in [-0.15, -0.1) is 11.8 Å². The normalized spacial score (nSPS) is 32.3. The number of amides is 1. The lowest BCUT2D eigenvalue weighted by atomic mass is 9.75. The first-order valence-electron chi connectivity index (χ1n) is 8.66. The Balaban J connectivity index is 1.60. The van der Waals surface area contributed by atoms with Crippen molar-refractivity contribution in [1.29, 1.82) is 0 Å². The molecule has 2 fully saturated rings. The van der Waals surface area contributed by atoms with Gasteiger partial charge in [0.2, 0.25) is 0 Å². The molecule has 4 N–H and O–H groups in total. The van der Waals surface area contributed by atoms with E-state index >= 15 is 0 Å². The molecule has 1 amide bonds. The van der Waals surface area contributed by atoms with E-state index in [1.54, 1.807) is 0 Å². The van der Waals surface area contributed by atoms with E-state index in [1.807, 2.05) is 36.0 Å². The summed E-state index contributed by atoms with van der Waals surface area (Å²) in [5, 5.41) is 1.67. The van der Waals surface area contributed by atoms with Gasteiger partial charge in [0.1, 0.15) is 0 Å². The number of carbonyl (C=O) groups excluding carboxylic acids is 1. The zero-order valence-electron chi connectivity index (χ0n) is 13.5. The fourth-order valence-corrected chi connectivity index (χ4v) is 8.04. The second-order valence-electron chi connectivity index (χ2n) is 7.27. The van der Waals surface area contributed by atoms with E-state index in [0.29, 0.717) is 16.7 Å². The van der Waals surface area contributed by atoms with Crippen molar-refractivity contribution in [2.24, 2.45) is 23.6 Å². The number of aromatic amines is 1. The number of nitrogens with one attached hydrogen (secondary N) is 2. The van der Waals surface area contributed by atoms with Crippen molar-refractivity contribution in [2.45, 2.75) is 35.5 Å². The molecule has 0 unspecified atom stereocenters. The minimum absolute atomic E-state index is 0.0361. The Morgan fingerprint density at radius 2 is 1.96 bits per heavy atom. The van der Waals surface area contributed by atoms with E-state index in [2.05, 4.69) is 10.4 Å². The molecule has 2 saturated carbocycles. The van der Waals surface area contributed by atoms with Crippen molar-refractivity contribution in [3.63, 3.8) is 0 Å². The molecule has 0 radical (unpaired) electrons. The van der Waals surface area contributed by atoms with Gasteiger partial charge in [-0.05, 0) is 54.7 Å². The number of benzene rings is 1. The maximum atomic E-state index is 12.0. The molecule has 0 spiro atoms. The quantitative estimate of drug-likeness (QED) is 0.429. The third kappa shape index (κ3) is 2.33. The predicted molar refractivity (Wildman–Crippen MR) is 98.8 cm³/mol. The molecule has 2 bridgehead atoms. The molecule has 1 aromatic carbocycles. The van der Waals surface area contributed by atoms with Gasteiger partial charge in [-0.1, -0.05) is 23.5 Å². The van der Waals surface area contributed by atoms with E-state index in [4.69, 9.17) is 5.84 Å². The van der Waals surface area contributed by atoms with Crippen LogP contribution in [0.2, 0.25) is 0 Å². The monoisotopic (exact) mass is 373 g/mol. The predicted octanol–water partition coefficient (Wildman–Crippen LogP) is 2.69. The lowest BCUT2D eigenvalue weighted by molar-refractivity contribution is 0.0953. The number of hydrogen-bond acceptors (Lipinski definition) is 5. The molecule has 25 heavy (non-hydrogen) atoms. The first-order valence-corrected chi connectivity index (χ1v) is 10.4. The Kier molecular flexibility index (Phi) is 3.59. The summed E-state index contributed by atoms with van der Waals surface area (Å²) in [6, 6.07) is 7.72. The van der Waals surface area contributed by atoms with Crippen LogP contribution in [0.15, 0.2) is 34.1 Å². The number of hydrogen-bond donors (Lipinski definition) is 3. The maximum absolute atomic E-state index is 12.0. The van der Waals surface area contributed by atoms with Crippen molar-refractivity contribution in [3.8, 4) is 0 Å². The average Bonchev–Trinajstić information content (AvgIpc) is 3.33. The van der Waals surface area contributed by atoms with Gasteiger partial charge in [-0.2, -0.15) is 0 Å². The zero-order valence-corrected chi connectivity index (χ0v) is 15.2. The Bertz CT molecular complexity index is 888. The third-order valence-corrected chi connectivity index (χ3v) is 8.75. The minimum Gasteiger partial charge on any atom is -0.307 e. The summed E-state index contributed by atoms with van der Waals surface area (Å²) < 4.78 is 0. The molecule has 5 nitrogen and oxygen atoms in total. The van der Waals surface area contributed by atoms with Crippen molar-refractivity contribution in [3.05, 3.63) is 49.9 Å². The molecule has 1 aromatic heterocycles. The van der Waals surface area contributed by atoms with Gasteiger partial charge < -0.3 is 4.98 Å². The topological polar surface area (TPSA) is 88.0 Å². The Hall–Kier alpha value is -1.57. The third-order valence-electron chi connectivity index (χ3n) is 6.13. The largest absolute Gasteiger partial charge is 0.307 e. The molecule has 5 rings (SSSR count). The van der Waals surface area contributed by atoms with Gasteiger partial charge >= 0.3 is 4.87 Å². The second-order valence-corrected chi connectivity index (χ2v) is 9.48. The summed E-state index contributed by atoms with van der Waals surface area (Å²) in [5.41, 5.74) is 3.93.